The lowest BCUT2D eigenvalue weighted by Gasteiger charge is -2.18. The quantitative estimate of drug-likeness (QED) is 0.689. The van der Waals surface area contributed by atoms with Gasteiger partial charge in [-0.3, -0.25) is 4.79 Å². The molecule has 0 bridgehead atoms. The van der Waals surface area contributed by atoms with E-state index in [2.05, 4.69) is 4.98 Å². The molecule has 1 aliphatic rings. The van der Waals surface area contributed by atoms with Gasteiger partial charge in [0.15, 0.2) is 0 Å². The Bertz CT molecular complexity index is 979. The second-order valence-electron chi connectivity index (χ2n) is 6.25. The summed E-state index contributed by atoms with van der Waals surface area (Å²) in [6.07, 6.45) is 0.575. The minimum Gasteiger partial charge on any atom is -0.472 e. The summed E-state index contributed by atoms with van der Waals surface area (Å²) >= 11 is 6.00. The van der Waals surface area contributed by atoms with Crippen molar-refractivity contribution in [3.8, 4) is 5.88 Å². The van der Waals surface area contributed by atoms with Crippen LogP contribution in [-0.2, 0) is 0 Å². The summed E-state index contributed by atoms with van der Waals surface area (Å²) in [7, 11) is 0. The summed E-state index contributed by atoms with van der Waals surface area (Å²) in [4.78, 5) is 18.8. The fourth-order valence-corrected chi connectivity index (χ4v) is 3.37. The second kappa shape index (κ2) is 6.92. The van der Waals surface area contributed by atoms with Crippen LogP contribution in [0.1, 0.15) is 16.8 Å². The lowest BCUT2D eigenvalue weighted by Crippen LogP contribution is -2.31. The lowest BCUT2D eigenvalue weighted by atomic mass is 10.2. The highest BCUT2D eigenvalue weighted by Crippen LogP contribution is 2.24. The number of para-hydroxylation sites is 1. The Morgan fingerprint density at radius 1 is 1.19 bits per heavy atom. The average Bonchev–Trinajstić information content (AvgIpc) is 3.09. The van der Waals surface area contributed by atoms with Crippen LogP contribution in [0.15, 0.2) is 54.6 Å². The van der Waals surface area contributed by atoms with Gasteiger partial charge in [0.25, 0.3) is 5.91 Å². The Morgan fingerprint density at radius 2 is 2.04 bits per heavy atom. The molecule has 1 atom stereocenters. The Hall–Kier alpha value is -2.66. The van der Waals surface area contributed by atoms with Crippen LogP contribution < -0.4 is 4.74 Å². The Labute approximate surface area is 155 Å². The summed E-state index contributed by atoms with van der Waals surface area (Å²) in [5.74, 6) is -0.132. The SMILES string of the molecule is O=C(c1ccc(F)cc1Cl)N1CCC(Oc2ccc3ccccc3n2)C1. The number of halogens is 2. The van der Waals surface area contributed by atoms with Gasteiger partial charge in [0.2, 0.25) is 5.88 Å². The standard InChI is InChI=1S/C20H16ClFN2O2/c21-17-11-14(22)6-7-16(17)20(25)24-10-9-15(12-24)26-19-8-5-13-3-1-2-4-18(13)23-19/h1-8,11,15H,9-10,12H2. The summed E-state index contributed by atoms with van der Waals surface area (Å²) < 4.78 is 19.1. The number of benzene rings is 2. The number of fused-ring (bicyclic) bond motifs is 1. The number of pyridine rings is 1. The van der Waals surface area contributed by atoms with Crippen LogP contribution in [0.5, 0.6) is 5.88 Å². The number of rotatable bonds is 3. The highest BCUT2D eigenvalue weighted by atomic mass is 35.5. The zero-order valence-electron chi connectivity index (χ0n) is 13.9. The third kappa shape index (κ3) is 3.35. The molecular formula is C20H16ClFN2O2. The fraction of sp³-hybridized carbons (Fsp3) is 0.200. The number of hydrogen-bond donors (Lipinski definition) is 0. The monoisotopic (exact) mass is 370 g/mol. The maximum absolute atomic E-state index is 13.2. The van der Waals surface area contributed by atoms with Gasteiger partial charge in [-0.1, -0.05) is 29.8 Å². The van der Waals surface area contributed by atoms with E-state index >= 15 is 0 Å². The van der Waals surface area contributed by atoms with Crippen molar-refractivity contribution in [2.75, 3.05) is 13.1 Å². The number of ether oxygens (including phenoxy) is 1. The van der Waals surface area contributed by atoms with Crippen LogP contribution in [0.2, 0.25) is 5.02 Å². The van der Waals surface area contributed by atoms with Crippen LogP contribution in [0.3, 0.4) is 0 Å². The van der Waals surface area contributed by atoms with E-state index in [1.54, 1.807) is 4.90 Å². The summed E-state index contributed by atoms with van der Waals surface area (Å²) in [6.45, 7) is 1.01. The number of hydrogen-bond acceptors (Lipinski definition) is 3. The van der Waals surface area contributed by atoms with Crippen LogP contribution in [0, 0.1) is 5.82 Å². The van der Waals surface area contributed by atoms with E-state index < -0.39 is 5.82 Å². The molecule has 0 aliphatic carbocycles. The zero-order valence-corrected chi connectivity index (χ0v) is 14.6. The van der Waals surface area contributed by atoms with E-state index in [1.807, 2.05) is 36.4 Å². The first-order valence-corrected chi connectivity index (χ1v) is 8.75. The molecule has 1 fully saturated rings. The maximum atomic E-state index is 13.2. The number of carbonyl (C=O) groups excluding carboxylic acids is 1. The third-order valence-corrected chi connectivity index (χ3v) is 4.77. The molecule has 3 aromatic rings. The highest BCUT2D eigenvalue weighted by Gasteiger charge is 2.29. The summed E-state index contributed by atoms with van der Waals surface area (Å²) in [5, 5.41) is 1.17. The minimum atomic E-state index is -0.462. The van der Waals surface area contributed by atoms with Gasteiger partial charge in [0, 0.05) is 24.4 Å². The molecule has 1 aromatic heterocycles. The Balaban J connectivity index is 1.45. The summed E-state index contributed by atoms with van der Waals surface area (Å²) in [5.41, 5.74) is 1.17. The molecule has 26 heavy (non-hydrogen) atoms. The average molecular weight is 371 g/mol. The van der Waals surface area contributed by atoms with E-state index in [0.717, 1.165) is 17.0 Å². The van der Waals surface area contributed by atoms with Gasteiger partial charge in [-0.05, 0) is 30.3 Å². The van der Waals surface area contributed by atoms with Crippen molar-refractivity contribution in [3.63, 3.8) is 0 Å². The zero-order chi connectivity index (χ0) is 18.1. The van der Waals surface area contributed by atoms with Crippen molar-refractivity contribution in [1.29, 1.82) is 0 Å². The molecule has 1 aliphatic heterocycles. The first-order chi connectivity index (χ1) is 12.6. The molecule has 2 heterocycles. The van der Waals surface area contributed by atoms with Crippen molar-refractivity contribution >= 4 is 28.4 Å². The number of likely N-dealkylation sites (tertiary alicyclic amines) is 1. The largest absolute Gasteiger partial charge is 0.472 e. The van der Waals surface area contributed by atoms with Gasteiger partial charge in [-0.25, -0.2) is 9.37 Å². The first-order valence-electron chi connectivity index (χ1n) is 8.37. The molecule has 0 saturated carbocycles. The molecule has 0 N–H and O–H groups in total. The molecule has 4 nitrogen and oxygen atoms in total. The van der Waals surface area contributed by atoms with E-state index in [4.69, 9.17) is 16.3 Å². The molecule has 0 spiro atoms. The van der Waals surface area contributed by atoms with E-state index in [0.29, 0.717) is 31.0 Å². The number of amides is 1. The van der Waals surface area contributed by atoms with Crippen molar-refractivity contribution in [2.24, 2.45) is 0 Å². The first kappa shape index (κ1) is 16.8. The van der Waals surface area contributed by atoms with Gasteiger partial charge in [-0.2, -0.15) is 0 Å². The molecule has 1 saturated heterocycles. The van der Waals surface area contributed by atoms with Gasteiger partial charge in [0.05, 0.1) is 22.6 Å². The van der Waals surface area contributed by atoms with Crippen LogP contribution in [0.4, 0.5) is 4.39 Å². The van der Waals surface area contributed by atoms with Crippen LogP contribution >= 0.6 is 11.6 Å². The molecule has 0 radical (unpaired) electrons. The summed E-state index contributed by atoms with van der Waals surface area (Å²) in [6, 6.07) is 15.4. The highest BCUT2D eigenvalue weighted by molar-refractivity contribution is 6.33. The molecule has 1 unspecified atom stereocenters. The maximum Gasteiger partial charge on any atom is 0.255 e. The molecule has 6 heteroatoms. The molecule has 2 aromatic carbocycles. The van der Waals surface area contributed by atoms with Crippen molar-refractivity contribution in [3.05, 3.63) is 71.0 Å². The molecule has 132 valence electrons. The van der Waals surface area contributed by atoms with Gasteiger partial charge >= 0.3 is 0 Å². The molecule has 1 amide bonds. The van der Waals surface area contributed by atoms with E-state index in [1.165, 1.54) is 12.1 Å². The Kier molecular flexibility index (Phi) is 4.47. The van der Waals surface area contributed by atoms with Gasteiger partial charge < -0.3 is 9.64 Å². The number of nitrogens with zero attached hydrogens (tertiary/aromatic N) is 2. The number of aromatic nitrogens is 1. The van der Waals surface area contributed by atoms with E-state index in [-0.39, 0.29) is 17.0 Å². The fourth-order valence-electron chi connectivity index (χ4n) is 3.13. The van der Waals surface area contributed by atoms with Crippen LogP contribution in [0.25, 0.3) is 10.9 Å². The number of carbonyl (C=O) groups is 1. The van der Waals surface area contributed by atoms with Crippen molar-refractivity contribution in [1.82, 2.24) is 9.88 Å². The van der Waals surface area contributed by atoms with Gasteiger partial charge in [0.1, 0.15) is 11.9 Å². The third-order valence-electron chi connectivity index (χ3n) is 4.45. The minimum absolute atomic E-state index is 0.121. The van der Waals surface area contributed by atoms with Crippen LogP contribution in [-0.4, -0.2) is 35.0 Å². The molecular weight excluding hydrogens is 355 g/mol. The van der Waals surface area contributed by atoms with Crippen molar-refractivity contribution in [2.45, 2.75) is 12.5 Å². The van der Waals surface area contributed by atoms with Crippen molar-refractivity contribution < 1.29 is 13.9 Å². The predicted molar refractivity (Wildman–Crippen MR) is 98.1 cm³/mol. The van der Waals surface area contributed by atoms with Gasteiger partial charge in [-0.15, -0.1) is 0 Å². The Morgan fingerprint density at radius 3 is 2.88 bits per heavy atom. The second-order valence-corrected chi connectivity index (χ2v) is 6.65. The molecule has 4 rings (SSSR count). The normalized spacial score (nSPS) is 16.8. The predicted octanol–water partition coefficient (Wildman–Crippen LogP) is 4.32. The topological polar surface area (TPSA) is 42.4 Å². The van der Waals surface area contributed by atoms with E-state index in [9.17, 15) is 9.18 Å². The smallest absolute Gasteiger partial charge is 0.255 e. The lowest BCUT2D eigenvalue weighted by molar-refractivity contribution is 0.0771.